The van der Waals surface area contributed by atoms with E-state index in [1.807, 2.05) is 0 Å². The summed E-state index contributed by atoms with van der Waals surface area (Å²) in [5, 5.41) is 2.53. The van der Waals surface area contributed by atoms with Crippen LogP contribution in [-0.4, -0.2) is 36.6 Å². The number of benzene rings is 2. The SMILES string of the molecule is CC(C)Oc1cc(-c2nc(CNC(=O)c3ccccc3OS(=O)(=O)O)co2)ccc1OC(F)F.N. The molecule has 0 fully saturated rings. The van der Waals surface area contributed by atoms with E-state index < -0.39 is 22.9 Å². The number of amides is 1. The lowest BCUT2D eigenvalue weighted by Gasteiger charge is -2.15. The molecular weight excluding hydrogens is 492 g/mol. The summed E-state index contributed by atoms with van der Waals surface area (Å²) in [4.78, 5) is 16.7. The summed E-state index contributed by atoms with van der Waals surface area (Å²) in [6.07, 6.45) is 0.973. The number of nitrogens with one attached hydrogen (secondary N) is 1. The highest BCUT2D eigenvalue weighted by atomic mass is 32.3. The molecule has 11 nitrogen and oxygen atoms in total. The standard InChI is InChI=1S/C21H20F2N2O8S.H3N/c1-12(2)31-18-9-13(7-8-17(18)32-21(22)23)20-25-14(11-30-20)10-24-19(26)15-5-3-4-6-16(15)33-34(27,28)29;/h3-9,11-12,21H,10H2,1-2H3,(H,24,26)(H,27,28,29);1H3. The summed E-state index contributed by atoms with van der Waals surface area (Å²) < 4.78 is 75.9. The fraction of sp³-hybridized carbons (Fsp3) is 0.238. The highest BCUT2D eigenvalue weighted by molar-refractivity contribution is 7.81. The molecule has 190 valence electrons. The number of carbonyl (C=O) groups is 1. The lowest BCUT2D eigenvalue weighted by atomic mass is 10.2. The fourth-order valence-corrected chi connectivity index (χ4v) is 3.18. The monoisotopic (exact) mass is 515 g/mol. The molecule has 3 rings (SSSR count). The third-order valence-electron chi connectivity index (χ3n) is 4.08. The van der Waals surface area contributed by atoms with Crippen LogP contribution in [0.25, 0.3) is 11.5 Å². The third kappa shape index (κ3) is 7.91. The van der Waals surface area contributed by atoms with E-state index in [0.29, 0.717) is 11.3 Å². The fourth-order valence-electron chi connectivity index (χ4n) is 2.81. The van der Waals surface area contributed by atoms with Gasteiger partial charge in [0.2, 0.25) is 5.89 Å². The van der Waals surface area contributed by atoms with Crippen molar-refractivity contribution in [1.82, 2.24) is 16.5 Å². The van der Waals surface area contributed by atoms with Gasteiger partial charge in [-0.15, -0.1) is 0 Å². The first-order valence-corrected chi connectivity index (χ1v) is 11.1. The highest BCUT2D eigenvalue weighted by Crippen LogP contribution is 2.34. The molecule has 0 atom stereocenters. The molecule has 0 spiro atoms. The molecule has 0 saturated heterocycles. The number of hydrogen-bond donors (Lipinski definition) is 3. The molecule has 35 heavy (non-hydrogen) atoms. The number of oxazole rings is 1. The van der Waals surface area contributed by atoms with Crippen molar-refractivity contribution in [3.8, 4) is 28.7 Å². The van der Waals surface area contributed by atoms with Gasteiger partial charge in [0.25, 0.3) is 5.91 Å². The van der Waals surface area contributed by atoms with E-state index in [4.69, 9.17) is 13.7 Å². The smallest absolute Gasteiger partial charge is 0.446 e. The van der Waals surface area contributed by atoms with Crippen molar-refractivity contribution >= 4 is 16.3 Å². The van der Waals surface area contributed by atoms with Crippen LogP contribution in [0.1, 0.15) is 29.9 Å². The zero-order valence-electron chi connectivity index (χ0n) is 18.6. The maximum atomic E-state index is 12.7. The Labute approximate surface area is 199 Å². The Morgan fingerprint density at radius 3 is 2.49 bits per heavy atom. The van der Waals surface area contributed by atoms with Gasteiger partial charge in [0.1, 0.15) is 6.26 Å². The molecule has 0 radical (unpaired) electrons. The van der Waals surface area contributed by atoms with E-state index in [0.717, 1.165) is 0 Å². The summed E-state index contributed by atoms with van der Waals surface area (Å²) in [6.45, 7) is 0.337. The molecule has 0 aliphatic heterocycles. The number of rotatable bonds is 10. The summed E-state index contributed by atoms with van der Waals surface area (Å²) in [7, 11) is -4.82. The van der Waals surface area contributed by atoms with E-state index >= 15 is 0 Å². The number of hydrogen-bond acceptors (Lipinski definition) is 9. The second-order valence-electron chi connectivity index (χ2n) is 7.04. The summed E-state index contributed by atoms with van der Waals surface area (Å²) in [5.74, 6) is -0.970. The van der Waals surface area contributed by atoms with Crippen LogP contribution in [0.3, 0.4) is 0 Å². The van der Waals surface area contributed by atoms with Crippen LogP contribution in [0.5, 0.6) is 17.2 Å². The number of carbonyl (C=O) groups excluding carboxylic acids is 1. The number of aromatic nitrogens is 1. The lowest BCUT2D eigenvalue weighted by Crippen LogP contribution is -2.24. The van der Waals surface area contributed by atoms with Crippen LogP contribution >= 0.6 is 0 Å². The van der Waals surface area contributed by atoms with Crippen molar-refractivity contribution in [1.29, 1.82) is 0 Å². The third-order valence-corrected chi connectivity index (χ3v) is 4.47. The Morgan fingerprint density at radius 2 is 1.83 bits per heavy atom. The van der Waals surface area contributed by atoms with Crippen molar-refractivity contribution in [3.63, 3.8) is 0 Å². The van der Waals surface area contributed by atoms with Crippen molar-refractivity contribution in [3.05, 3.63) is 60.0 Å². The molecule has 0 bridgehead atoms. The van der Waals surface area contributed by atoms with E-state index in [1.54, 1.807) is 13.8 Å². The highest BCUT2D eigenvalue weighted by Gasteiger charge is 2.18. The summed E-state index contributed by atoms with van der Waals surface area (Å²) in [6, 6.07) is 9.63. The average Bonchev–Trinajstić information content (AvgIpc) is 3.21. The molecule has 2 aromatic carbocycles. The Morgan fingerprint density at radius 1 is 1.11 bits per heavy atom. The minimum atomic E-state index is -4.82. The van der Waals surface area contributed by atoms with E-state index in [-0.39, 0.29) is 47.5 Å². The molecule has 5 N–H and O–H groups in total. The molecule has 14 heteroatoms. The molecule has 0 saturated carbocycles. The van der Waals surface area contributed by atoms with Crippen LogP contribution in [0.2, 0.25) is 0 Å². The van der Waals surface area contributed by atoms with Gasteiger partial charge in [-0.25, -0.2) is 4.98 Å². The molecule has 0 unspecified atom stereocenters. The summed E-state index contributed by atoms with van der Waals surface area (Å²) in [5.41, 5.74) is 0.603. The van der Waals surface area contributed by atoms with Crippen molar-refractivity contribution in [2.45, 2.75) is 33.1 Å². The summed E-state index contributed by atoms with van der Waals surface area (Å²) >= 11 is 0. The number of nitrogens with zero attached hydrogens (tertiary/aromatic N) is 1. The van der Waals surface area contributed by atoms with Crippen molar-refractivity contribution in [2.24, 2.45) is 0 Å². The topological polar surface area (TPSA) is 172 Å². The van der Waals surface area contributed by atoms with Crippen molar-refractivity contribution in [2.75, 3.05) is 0 Å². The average molecular weight is 515 g/mol. The quantitative estimate of drug-likeness (QED) is 0.335. The van der Waals surface area contributed by atoms with Gasteiger partial charge in [0.15, 0.2) is 17.2 Å². The maximum Gasteiger partial charge on any atom is 0.446 e. The van der Waals surface area contributed by atoms with Gasteiger partial charge in [-0.1, -0.05) is 12.1 Å². The van der Waals surface area contributed by atoms with Gasteiger partial charge >= 0.3 is 17.0 Å². The number of ether oxygens (including phenoxy) is 2. The largest absolute Gasteiger partial charge is 0.487 e. The van der Waals surface area contributed by atoms with E-state index in [9.17, 15) is 22.0 Å². The molecule has 1 amide bonds. The molecule has 0 aliphatic carbocycles. The van der Waals surface area contributed by atoms with Crippen LogP contribution in [0.4, 0.5) is 8.78 Å². The molecule has 1 heterocycles. The van der Waals surface area contributed by atoms with Gasteiger partial charge in [-0.2, -0.15) is 17.2 Å². The number of para-hydroxylation sites is 1. The first-order valence-electron chi connectivity index (χ1n) is 9.76. The van der Waals surface area contributed by atoms with Gasteiger partial charge in [-0.05, 0) is 44.2 Å². The predicted octanol–water partition coefficient (Wildman–Crippen LogP) is 4.00. The van der Waals surface area contributed by atoms with Gasteiger partial charge in [0, 0.05) is 5.56 Å². The molecular formula is C21H23F2N3O8S. The Hall–Kier alpha value is -3.75. The second kappa shape index (κ2) is 11.6. The first kappa shape index (κ1) is 27.5. The normalized spacial score (nSPS) is 11.2. The van der Waals surface area contributed by atoms with E-state index in [1.165, 1.54) is 48.7 Å². The van der Waals surface area contributed by atoms with Gasteiger partial charge in [-0.3, -0.25) is 9.35 Å². The predicted molar refractivity (Wildman–Crippen MR) is 119 cm³/mol. The van der Waals surface area contributed by atoms with Gasteiger partial charge in [0.05, 0.1) is 23.9 Å². The second-order valence-corrected chi connectivity index (χ2v) is 8.06. The minimum Gasteiger partial charge on any atom is -0.487 e. The Bertz CT molecular complexity index is 1260. The van der Waals surface area contributed by atoms with Crippen LogP contribution in [0, 0.1) is 0 Å². The van der Waals surface area contributed by atoms with Crippen molar-refractivity contribution < 1.29 is 44.6 Å². The Balaban J connectivity index is 0.00000432. The molecule has 0 aliphatic rings. The minimum absolute atomic E-state index is 0. The maximum absolute atomic E-state index is 12.7. The Kier molecular flexibility index (Phi) is 9.11. The molecule has 3 aromatic rings. The van der Waals surface area contributed by atoms with Gasteiger partial charge < -0.3 is 29.5 Å². The lowest BCUT2D eigenvalue weighted by molar-refractivity contribution is -0.0518. The zero-order valence-corrected chi connectivity index (χ0v) is 19.4. The zero-order chi connectivity index (χ0) is 24.9. The first-order chi connectivity index (χ1) is 16.0. The van der Waals surface area contributed by atoms with E-state index in [2.05, 4.69) is 19.2 Å². The van der Waals surface area contributed by atoms with Crippen LogP contribution in [-0.2, 0) is 16.9 Å². The van der Waals surface area contributed by atoms with Crippen LogP contribution in [0.15, 0.2) is 53.1 Å². The number of halogens is 2. The number of alkyl halides is 2. The van der Waals surface area contributed by atoms with Crippen LogP contribution < -0.4 is 25.1 Å². The molecule has 1 aromatic heterocycles.